The highest BCUT2D eigenvalue weighted by Crippen LogP contribution is 2.18. The highest BCUT2D eigenvalue weighted by Gasteiger charge is 2.16. The van der Waals surface area contributed by atoms with Crippen LogP contribution in [0.4, 0.5) is 4.39 Å². The Bertz CT molecular complexity index is 838. The number of tetrazole rings is 1. The van der Waals surface area contributed by atoms with Gasteiger partial charge in [0.2, 0.25) is 11.6 Å². The summed E-state index contributed by atoms with van der Waals surface area (Å²) in [5.74, 6) is -1.29. The third kappa shape index (κ3) is 3.31. The number of aromatic amines is 1. The molecule has 2 N–H and O–H groups in total. The maximum atomic E-state index is 12.9. The Morgan fingerprint density at radius 2 is 2.09 bits per heavy atom. The van der Waals surface area contributed by atoms with Crippen LogP contribution < -0.4 is 0 Å². The zero-order valence-corrected chi connectivity index (χ0v) is 11.7. The number of allylic oxidation sites excluding steroid dienone is 1. The molecule has 0 saturated heterocycles. The number of carbonyl (C=O) groups excluding carboxylic acids is 1. The van der Waals surface area contributed by atoms with Gasteiger partial charge in [-0.15, -0.1) is 10.2 Å². The lowest BCUT2D eigenvalue weighted by Gasteiger charge is -2.01. The number of aliphatic hydroxyl groups excluding tert-OH is 1. The van der Waals surface area contributed by atoms with Crippen molar-refractivity contribution in [3.05, 3.63) is 71.2 Å². The third-order valence-electron chi connectivity index (χ3n) is 3.12. The van der Waals surface area contributed by atoms with Crippen LogP contribution in [0, 0.1) is 5.82 Å². The molecule has 0 aliphatic rings. The normalized spacial score (nSPS) is 11.6. The van der Waals surface area contributed by atoms with Crippen LogP contribution in [-0.2, 0) is 6.42 Å². The molecular weight excluding hydrogens is 303 g/mol. The van der Waals surface area contributed by atoms with Gasteiger partial charge in [0.05, 0.1) is 6.26 Å². The van der Waals surface area contributed by atoms with Crippen molar-refractivity contribution in [1.29, 1.82) is 0 Å². The smallest absolute Gasteiger partial charge is 0.239 e. The topological polar surface area (TPSA) is 105 Å². The monoisotopic (exact) mass is 314 g/mol. The molecule has 0 atom stereocenters. The van der Waals surface area contributed by atoms with Crippen LogP contribution in [-0.4, -0.2) is 31.5 Å². The Morgan fingerprint density at radius 1 is 1.30 bits per heavy atom. The summed E-state index contributed by atoms with van der Waals surface area (Å²) in [6.07, 6.45) is 2.73. The van der Waals surface area contributed by atoms with Crippen molar-refractivity contribution in [2.24, 2.45) is 0 Å². The number of ketones is 1. The van der Waals surface area contributed by atoms with Crippen molar-refractivity contribution in [2.75, 3.05) is 0 Å². The number of halogens is 1. The molecule has 3 rings (SSSR count). The molecule has 116 valence electrons. The van der Waals surface area contributed by atoms with Crippen LogP contribution in [0.5, 0.6) is 0 Å². The summed E-state index contributed by atoms with van der Waals surface area (Å²) < 4.78 is 18.1. The van der Waals surface area contributed by atoms with Crippen molar-refractivity contribution < 1.29 is 18.7 Å². The summed E-state index contributed by atoms with van der Waals surface area (Å²) in [7, 11) is 0. The summed E-state index contributed by atoms with van der Waals surface area (Å²) in [4.78, 5) is 12.2. The number of carbonyl (C=O) groups is 1. The predicted molar refractivity (Wildman–Crippen MR) is 77.0 cm³/mol. The molecule has 7 nitrogen and oxygen atoms in total. The van der Waals surface area contributed by atoms with E-state index in [1.54, 1.807) is 18.2 Å². The summed E-state index contributed by atoms with van der Waals surface area (Å²) in [5, 5.41) is 22.4. The van der Waals surface area contributed by atoms with E-state index in [1.165, 1.54) is 18.4 Å². The highest BCUT2D eigenvalue weighted by atomic mass is 19.1. The van der Waals surface area contributed by atoms with Crippen molar-refractivity contribution >= 4 is 11.5 Å². The average molecular weight is 314 g/mol. The van der Waals surface area contributed by atoms with Crippen molar-refractivity contribution in [3.63, 3.8) is 0 Å². The largest absolute Gasteiger partial charge is 0.504 e. The van der Waals surface area contributed by atoms with E-state index in [2.05, 4.69) is 20.6 Å². The zero-order valence-electron chi connectivity index (χ0n) is 11.7. The van der Waals surface area contributed by atoms with Crippen molar-refractivity contribution in [3.8, 4) is 0 Å². The number of aliphatic hydroxyl groups is 1. The van der Waals surface area contributed by atoms with Crippen LogP contribution in [0.25, 0.3) is 5.76 Å². The zero-order chi connectivity index (χ0) is 16.2. The molecule has 0 aliphatic carbocycles. The van der Waals surface area contributed by atoms with Crippen molar-refractivity contribution in [1.82, 2.24) is 20.6 Å². The van der Waals surface area contributed by atoms with Gasteiger partial charge in [0, 0.05) is 18.1 Å². The van der Waals surface area contributed by atoms with Gasteiger partial charge in [-0.05, 0) is 29.0 Å². The first kappa shape index (κ1) is 14.6. The number of benzene rings is 1. The van der Waals surface area contributed by atoms with E-state index in [-0.39, 0.29) is 17.4 Å². The number of furan rings is 1. The van der Waals surface area contributed by atoms with E-state index in [1.807, 2.05) is 0 Å². The van der Waals surface area contributed by atoms with E-state index in [0.29, 0.717) is 12.0 Å². The minimum atomic E-state index is -0.533. The Kier molecular flexibility index (Phi) is 3.96. The molecule has 0 amide bonds. The van der Waals surface area contributed by atoms with E-state index in [9.17, 15) is 14.3 Å². The quantitative estimate of drug-likeness (QED) is 0.425. The van der Waals surface area contributed by atoms with E-state index >= 15 is 0 Å². The third-order valence-corrected chi connectivity index (χ3v) is 3.12. The van der Waals surface area contributed by atoms with Gasteiger partial charge >= 0.3 is 0 Å². The summed E-state index contributed by atoms with van der Waals surface area (Å²) in [6.45, 7) is 0. The van der Waals surface area contributed by atoms with Crippen LogP contribution >= 0.6 is 0 Å². The molecule has 0 radical (unpaired) electrons. The molecule has 23 heavy (non-hydrogen) atoms. The summed E-state index contributed by atoms with van der Waals surface area (Å²) >= 11 is 0. The van der Waals surface area contributed by atoms with Gasteiger partial charge in [-0.3, -0.25) is 4.79 Å². The molecule has 0 bridgehead atoms. The molecule has 2 aromatic heterocycles. The van der Waals surface area contributed by atoms with Gasteiger partial charge in [0.1, 0.15) is 5.82 Å². The number of rotatable bonds is 5. The van der Waals surface area contributed by atoms with Crippen LogP contribution in [0.2, 0.25) is 0 Å². The fraction of sp³-hybridized carbons (Fsp3) is 0.0667. The first-order chi connectivity index (χ1) is 11.1. The van der Waals surface area contributed by atoms with Gasteiger partial charge < -0.3 is 9.52 Å². The first-order valence-electron chi connectivity index (χ1n) is 6.63. The predicted octanol–water partition coefficient (Wildman–Crippen LogP) is 2.30. The Labute approximate surface area is 129 Å². The minimum Gasteiger partial charge on any atom is -0.504 e. The molecular formula is C15H11FN4O3. The van der Waals surface area contributed by atoms with Gasteiger partial charge in [-0.1, -0.05) is 12.1 Å². The van der Waals surface area contributed by atoms with Gasteiger partial charge in [-0.25, -0.2) is 4.39 Å². The highest BCUT2D eigenvalue weighted by molar-refractivity contribution is 6.06. The van der Waals surface area contributed by atoms with E-state index in [0.717, 1.165) is 11.6 Å². The number of H-pyrrole nitrogens is 1. The molecule has 0 fully saturated rings. The Balaban J connectivity index is 1.81. The first-order valence-corrected chi connectivity index (χ1v) is 6.63. The Morgan fingerprint density at radius 3 is 2.78 bits per heavy atom. The standard InChI is InChI=1S/C15H11FN4O3/c16-11-3-1-9(2-4-11)7-10-5-6-23-14(10)12(21)8-13(22)15-17-19-20-18-15/h1-6,8,22H,7H2,(H,17,18,19,20)/b13-8+. The van der Waals surface area contributed by atoms with E-state index in [4.69, 9.17) is 4.42 Å². The fourth-order valence-electron chi connectivity index (χ4n) is 2.04. The number of hydrogen-bond acceptors (Lipinski definition) is 6. The molecule has 8 heteroatoms. The SMILES string of the molecule is O=C(/C=C(/O)c1nn[nH]n1)c1occc1Cc1ccc(F)cc1. The van der Waals surface area contributed by atoms with Gasteiger partial charge in [0.25, 0.3) is 0 Å². The molecule has 0 aliphatic heterocycles. The Hall–Kier alpha value is -3.29. The molecule has 3 aromatic rings. The fourth-order valence-corrected chi connectivity index (χ4v) is 2.04. The molecule has 0 saturated carbocycles. The maximum absolute atomic E-state index is 12.9. The van der Waals surface area contributed by atoms with Crippen LogP contribution in [0.3, 0.4) is 0 Å². The lowest BCUT2D eigenvalue weighted by atomic mass is 10.0. The van der Waals surface area contributed by atoms with E-state index < -0.39 is 11.5 Å². The van der Waals surface area contributed by atoms with Crippen molar-refractivity contribution in [2.45, 2.75) is 6.42 Å². The van der Waals surface area contributed by atoms with Gasteiger partial charge in [0.15, 0.2) is 11.5 Å². The maximum Gasteiger partial charge on any atom is 0.239 e. The lowest BCUT2D eigenvalue weighted by Crippen LogP contribution is -2.00. The number of hydrogen-bond donors (Lipinski definition) is 2. The number of nitrogens with one attached hydrogen (secondary N) is 1. The molecule has 2 heterocycles. The van der Waals surface area contributed by atoms with Crippen LogP contribution in [0.1, 0.15) is 27.5 Å². The minimum absolute atomic E-state index is 0.0874. The lowest BCUT2D eigenvalue weighted by molar-refractivity contribution is 0.102. The number of aromatic nitrogens is 4. The molecule has 0 unspecified atom stereocenters. The molecule has 0 spiro atoms. The van der Waals surface area contributed by atoms with Gasteiger partial charge in [-0.2, -0.15) is 5.21 Å². The number of nitrogens with zero attached hydrogens (tertiary/aromatic N) is 3. The second kappa shape index (κ2) is 6.22. The summed E-state index contributed by atoms with van der Waals surface area (Å²) in [5.41, 5.74) is 1.45. The average Bonchev–Trinajstić information content (AvgIpc) is 3.20. The van der Waals surface area contributed by atoms with Crippen LogP contribution in [0.15, 0.2) is 47.1 Å². The summed E-state index contributed by atoms with van der Waals surface area (Å²) in [6, 6.07) is 7.60. The second-order valence-corrected chi connectivity index (χ2v) is 4.71. The second-order valence-electron chi connectivity index (χ2n) is 4.71. The molecule has 1 aromatic carbocycles.